The van der Waals surface area contributed by atoms with Gasteiger partial charge in [0, 0.05) is 45.8 Å². The van der Waals surface area contributed by atoms with Crippen LogP contribution in [0.5, 0.6) is 0 Å². The van der Waals surface area contributed by atoms with E-state index in [1.807, 2.05) is 25.7 Å². The van der Waals surface area contributed by atoms with E-state index < -0.39 is 5.60 Å². The van der Waals surface area contributed by atoms with Gasteiger partial charge in [-0.1, -0.05) is 188 Å². The molecule has 0 atom stereocenters. The maximum Gasteiger partial charge on any atom is 0.410 e. The van der Waals surface area contributed by atoms with Crippen molar-refractivity contribution in [1.82, 2.24) is 19.6 Å². The van der Waals surface area contributed by atoms with Crippen molar-refractivity contribution in [2.75, 3.05) is 65.4 Å². The maximum atomic E-state index is 14.1. The van der Waals surface area contributed by atoms with E-state index in [2.05, 4.69) is 35.5 Å². The SMILES string of the molecule is CCCCCCCCCCCCN(CCCCCCCCCCC)CC(=O)N(CCCCCCCCCCCC)CCN1CCN(C(=O)OC(C)(C)C)CC1. The van der Waals surface area contributed by atoms with Gasteiger partial charge in [0.05, 0.1) is 6.54 Å². The van der Waals surface area contributed by atoms with Gasteiger partial charge >= 0.3 is 6.09 Å². The summed E-state index contributed by atoms with van der Waals surface area (Å²) in [5.41, 5.74) is -0.473. The number of hydrogen-bond donors (Lipinski definition) is 0. The lowest BCUT2D eigenvalue weighted by atomic mass is 10.1. The largest absolute Gasteiger partial charge is 0.444 e. The van der Waals surface area contributed by atoms with E-state index in [1.54, 1.807) is 0 Å². The van der Waals surface area contributed by atoms with E-state index in [0.717, 1.165) is 52.2 Å². The Labute approximate surface area is 343 Å². The number of carbonyl (C=O) groups excluding carboxylic acids is 2. The van der Waals surface area contributed by atoms with E-state index >= 15 is 0 Å². The fourth-order valence-corrected chi connectivity index (χ4v) is 7.92. The third-order valence-corrected chi connectivity index (χ3v) is 11.6. The highest BCUT2D eigenvalue weighted by Gasteiger charge is 2.26. The van der Waals surface area contributed by atoms with Gasteiger partial charge in [-0.25, -0.2) is 4.79 Å². The van der Waals surface area contributed by atoms with Crippen LogP contribution in [0.1, 0.15) is 228 Å². The minimum Gasteiger partial charge on any atom is -0.444 e. The Bertz CT molecular complexity index is 870. The Kier molecular flexibility index (Phi) is 33.6. The van der Waals surface area contributed by atoms with Crippen molar-refractivity contribution in [3.63, 3.8) is 0 Å². The van der Waals surface area contributed by atoms with Gasteiger partial charge in [0.15, 0.2) is 0 Å². The second-order valence-electron chi connectivity index (χ2n) is 18.2. The lowest BCUT2D eigenvalue weighted by Gasteiger charge is -2.36. The zero-order valence-electron chi connectivity index (χ0n) is 38.1. The van der Waals surface area contributed by atoms with E-state index in [9.17, 15) is 9.59 Å². The summed E-state index contributed by atoms with van der Waals surface area (Å²) in [4.78, 5) is 35.8. The fourth-order valence-electron chi connectivity index (χ4n) is 7.92. The summed E-state index contributed by atoms with van der Waals surface area (Å²) in [5.74, 6) is 0.325. The Morgan fingerprint density at radius 2 is 0.818 bits per heavy atom. The molecular formula is C48H96N4O3. The molecule has 0 N–H and O–H groups in total. The molecule has 0 unspecified atom stereocenters. The number of unbranched alkanes of at least 4 members (excludes halogenated alkanes) is 26. The zero-order chi connectivity index (χ0) is 40.2. The Balaban J connectivity index is 2.70. The third-order valence-electron chi connectivity index (χ3n) is 11.6. The van der Waals surface area contributed by atoms with Gasteiger partial charge in [0.2, 0.25) is 5.91 Å². The summed E-state index contributed by atoms with van der Waals surface area (Å²) in [6.07, 6.45) is 38.4. The molecule has 0 saturated carbocycles. The summed E-state index contributed by atoms with van der Waals surface area (Å²) >= 11 is 0. The summed E-state index contributed by atoms with van der Waals surface area (Å²) in [6.45, 7) is 20.9. The first-order valence-electron chi connectivity index (χ1n) is 24.4. The van der Waals surface area contributed by atoms with Crippen molar-refractivity contribution in [2.45, 2.75) is 233 Å². The number of ether oxygens (including phenoxy) is 1. The summed E-state index contributed by atoms with van der Waals surface area (Å²) in [6, 6.07) is 0. The molecule has 1 fully saturated rings. The minimum atomic E-state index is -0.473. The van der Waals surface area contributed by atoms with Crippen LogP contribution in [0.4, 0.5) is 4.79 Å². The minimum absolute atomic E-state index is 0.209. The molecular weight excluding hydrogens is 681 g/mol. The topological polar surface area (TPSA) is 56.3 Å². The molecule has 0 radical (unpaired) electrons. The Morgan fingerprint density at radius 3 is 1.18 bits per heavy atom. The zero-order valence-corrected chi connectivity index (χ0v) is 38.1. The van der Waals surface area contributed by atoms with E-state index in [0.29, 0.717) is 25.5 Å². The number of hydrogen-bond acceptors (Lipinski definition) is 5. The molecule has 7 heteroatoms. The van der Waals surface area contributed by atoms with Gasteiger partial charge in [-0.05, 0) is 53.1 Å². The molecule has 2 amide bonds. The predicted octanol–water partition coefficient (Wildman–Crippen LogP) is 13.0. The number of amides is 2. The molecule has 0 aromatic rings. The molecule has 0 aromatic carbocycles. The maximum absolute atomic E-state index is 14.1. The van der Waals surface area contributed by atoms with Crippen LogP contribution >= 0.6 is 0 Å². The third kappa shape index (κ3) is 31.3. The summed E-state index contributed by atoms with van der Waals surface area (Å²) in [5, 5.41) is 0. The van der Waals surface area contributed by atoms with Crippen LogP contribution in [0.15, 0.2) is 0 Å². The molecule has 1 heterocycles. The monoisotopic (exact) mass is 777 g/mol. The molecule has 0 spiro atoms. The second kappa shape index (κ2) is 35.8. The van der Waals surface area contributed by atoms with Crippen molar-refractivity contribution >= 4 is 12.0 Å². The molecule has 1 aliphatic heterocycles. The molecule has 0 aliphatic carbocycles. The van der Waals surface area contributed by atoms with Crippen molar-refractivity contribution < 1.29 is 14.3 Å². The van der Waals surface area contributed by atoms with Crippen molar-refractivity contribution in [3.05, 3.63) is 0 Å². The van der Waals surface area contributed by atoms with Crippen LogP contribution in [0.3, 0.4) is 0 Å². The fraction of sp³-hybridized carbons (Fsp3) is 0.958. The van der Waals surface area contributed by atoms with Gasteiger partial charge < -0.3 is 14.5 Å². The van der Waals surface area contributed by atoms with E-state index in [-0.39, 0.29) is 6.09 Å². The van der Waals surface area contributed by atoms with Crippen LogP contribution < -0.4 is 0 Å². The van der Waals surface area contributed by atoms with Crippen LogP contribution in [0, 0.1) is 0 Å². The number of rotatable bonds is 37. The van der Waals surface area contributed by atoms with Crippen LogP contribution in [0.2, 0.25) is 0 Å². The van der Waals surface area contributed by atoms with E-state index in [1.165, 1.54) is 180 Å². The van der Waals surface area contributed by atoms with E-state index in [4.69, 9.17) is 4.74 Å². The molecule has 55 heavy (non-hydrogen) atoms. The van der Waals surface area contributed by atoms with Gasteiger partial charge in [-0.2, -0.15) is 0 Å². The average Bonchev–Trinajstić information content (AvgIpc) is 3.16. The summed E-state index contributed by atoms with van der Waals surface area (Å²) in [7, 11) is 0. The predicted molar refractivity (Wildman–Crippen MR) is 238 cm³/mol. The van der Waals surface area contributed by atoms with Gasteiger partial charge in [-0.3, -0.25) is 14.6 Å². The highest BCUT2D eigenvalue weighted by Crippen LogP contribution is 2.16. The van der Waals surface area contributed by atoms with Gasteiger partial charge in [0.1, 0.15) is 5.60 Å². The highest BCUT2D eigenvalue weighted by atomic mass is 16.6. The first kappa shape index (κ1) is 51.7. The molecule has 0 aromatic heterocycles. The molecule has 0 bridgehead atoms. The normalized spacial score (nSPS) is 13.9. The smallest absolute Gasteiger partial charge is 0.410 e. The first-order chi connectivity index (χ1) is 26.7. The molecule has 1 saturated heterocycles. The molecule has 326 valence electrons. The quantitative estimate of drug-likeness (QED) is 0.0588. The van der Waals surface area contributed by atoms with Crippen molar-refractivity contribution in [3.8, 4) is 0 Å². The van der Waals surface area contributed by atoms with Crippen LogP contribution in [-0.4, -0.2) is 103 Å². The van der Waals surface area contributed by atoms with Crippen LogP contribution in [-0.2, 0) is 9.53 Å². The van der Waals surface area contributed by atoms with Crippen molar-refractivity contribution in [1.29, 1.82) is 0 Å². The average molecular weight is 777 g/mol. The lowest BCUT2D eigenvalue weighted by Crippen LogP contribution is -2.52. The number of piperazine rings is 1. The molecule has 1 aliphatic rings. The Hall–Kier alpha value is -1.34. The van der Waals surface area contributed by atoms with Gasteiger partial charge in [0.25, 0.3) is 0 Å². The van der Waals surface area contributed by atoms with Crippen molar-refractivity contribution in [2.24, 2.45) is 0 Å². The standard InChI is InChI=1S/C48H96N4O3/c1-7-10-13-16-19-22-25-28-31-34-37-50(36-33-30-27-24-21-18-15-12-9-3)45-46(53)51(38-35-32-29-26-23-20-17-14-11-8-2)42-39-49-40-43-52(44-41-49)47(54)55-48(4,5)6/h7-45H2,1-6H3. The highest BCUT2D eigenvalue weighted by molar-refractivity contribution is 5.78. The first-order valence-corrected chi connectivity index (χ1v) is 24.4. The number of nitrogens with zero attached hydrogens (tertiary/aromatic N) is 4. The lowest BCUT2D eigenvalue weighted by molar-refractivity contribution is -0.132. The van der Waals surface area contributed by atoms with Gasteiger partial charge in [-0.15, -0.1) is 0 Å². The molecule has 1 rings (SSSR count). The van der Waals surface area contributed by atoms with Crippen LogP contribution in [0.25, 0.3) is 0 Å². The molecule has 7 nitrogen and oxygen atoms in total. The second-order valence-corrected chi connectivity index (χ2v) is 18.2. The Morgan fingerprint density at radius 1 is 0.473 bits per heavy atom. The summed E-state index contributed by atoms with van der Waals surface area (Å²) < 4.78 is 5.62. The number of carbonyl (C=O) groups is 2.